The molecule has 1 aliphatic carbocycles. The van der Waals surface area contributed by atoms with Crippen molar-refractivity contribution < 1.29 is 4.79 Å². The first-order valence-corrected chi connectivity index (χ1v) is 3.54. The fourth-order valence-corrected chi connectivity index (χ4v) is 1.39. The lowest BCUT2D eigenvalue weighted by Gasteiger charge is -2.21. The van der Waals surface area contributed by atoms with Crippen molar-refractivity contribution in [1.82, 2.24) is 0 Å². The van der Waals surface area contributed by atoms with Gasteiger partial charge in [0.1, 0.15) is 6.29 Å². The molecular formula is C7H13NO. The Hall–Kier alpha value is -0.370. The van der Waals surface area contributed by atoms with Crippen LogP contribution in [0.3, 0.4) is 0 Å². The van der Waals surface area contributed by atoms with Gasteiger partial charge in [-0.25, -0.2) is 0 Å². The van der Waals surface area contributed by atoms with E-state index in [9.17, 15) is 4.79 Å². The zero-order valence-electron chi connectivity index (χ0n) is 5.55. The first kappa shape index (κ1) is 6.75. The Morgan fingerprint density at radius 3 is 2.67 bits per heavy atom. The van der Waals surface area contributed by atoms with Crippen LogP contribution in [0.15, 0.2) is 0 Å². The molecule has 0 aromatic carbocycles. The summed E-state index contributed by atoms with van der Waals surface area (Å²) in [7, 11) is 0. The number of nitrogens with two attached hydrogens (primary N) is 1. The molecule has 0 aliphatic heterocycles. The zero-order valence-corrected chi connectivity index (χ0v) is 5.55. The number of carbonyl (C=O) groups is 1. The molecule has 1 fully saturated rings. The first-order chi connectivity index (χ1) is 4.33. The van der Waals surface area contributed by atoms with E-state index in [2.05, 4.69) is 0 Å². The lowest BCUT2D eigenvalue weighted by atomic mass is 9.87. The average Bonchev–Trinajstić information content (AvgIpc) is 1.88. The van der Waals surface area contributed by atoms with Gasteiger partial charge in [0.05, 0.1) is 0 Å². The maximum Gasteiger partial charge on any atom is 0.123 e. The molecule has 1 aliphatic rings. The molecule has 0 saturated heterocycles. The highest BCUT2D eigenvalue weighted by Crippen LogP contribution is 2.20. The van der Waals surface area contributed by atoms with Crippen LogP contribution in [0.1, 0.15) is 25.7 Å². The second kappa shape index (κ2) is 2.97. The van der Waals surface area contributed by atoms with Crippen molar-refractivity contribution in [3.8, 4) is 0 Å². The van der Waals surface area contributed by atoms with E-state index in [0.717, 1.165) is 32.0 Å². The highest BCUT2D eigenvalue weighted by Gasteiger charge is 2.17. The molecule has 0 heterocycles. The van der Waals surface area contributed by atoms with E-state index < -0.39 is 0 Å². The van der Waals surface area contributed by atoms with Crippen molar-refractivity contribution in [2.24, 2.45) is 11.7 Å². The molecular weight excluding hydrogens is 114 g/mol. The molecule has 2 N–H and O–H groups in total. The van der Waals surface area contributed by atoms with Gasteiger partial charge in [0.25, 0.3) is 0 Å². The predicted octanol–water partition coefficient (Wildman–Crippen LogP) is 0.703. The van der Waals surface area contributed by atoms with Crippen LogP contribution < -0.4 is 5.73 Å². The van der Waals surface area contributed by atoms with Gasteiger partial charge in [-0.05, 0) is 19.3 Å². The Kier molecular flexibility index (Phi) is 2.22. The van der Waals surface area contributed by atoms with E-state index in [1.54, 1.807) is 0 Å². The van der Waals surface area contributed by atoms with Gasteiger partial charge in [-0.15, -0.1) is 0 Å². The third-order valence-corrected chi connectivity index (χ3v) is 1.95. The summed E-state index contributed by atoms with van der Waals surface area (Å²) in [6.07, 6.45) is 5.23. The summed E-state index contributed by atoms with van der Waals surface area (Å²) in [5.74, 6) is 0.258. The zero-order chi connectivity index (χ0) is 6.69. The Labute approximate surface area is 55.4 Å². The number of hydrogen-bond donors (Lipinski definition) is 1. The summed E-state index contributed by atoms with van der Waals surface area (Å²) in [5, 5.41) is 0. The van der Waals surface area contributed by atoms with Crippen molar-refractivity contribution in [3.63, 3.8) is 0 Å². The molecule has 0 amide bonds. The maximum absolute atomic E-state index is 10.2. The largest absolute Gasteiger partial charge is 0.328 e. The number of rotatable bonds is 1. The Balaban J connectivity index is 2.31. The smallest absolute Gasteiger partial charge is 0.123 e. The van der Waals surface area contributed by atoms with Crippen LogP contribution >= 0.6 is 0 Å². The van der Waals surface area contributed by atoms with Gasteiger partial charge in [-0.2, -0.15) is 0 Å². The van der Waals surface area contributed by atoms with E-state index >= 15 is 0 Å². The number of carbonyl (C=O) groups excluding carboxylic acids is 1. The Bertz CT molecular complexity index is 103. The second-order valence-electron chi connectivity index (χ2n) is 2.82. The molecule has 2 heteroatoms. The van der Waals surface area contributed by atoms with Crippen molar-refractivity contribution >= 4 is 6.29 Å². The van der Waals surface area contributed by atoms with Crippen LogP contribution in [0.5, 0.6) is 0 Å². The molecule has 0 bridgehead atoms. The van der Waals surface area contributed by atoms with Gasteiger partial charge >= 0.3 is 0 Å². The van der Waals surface area contributed by atoms with Gasteiger partial charge in [-0.1, -0.05) is 6.42 Å². The summed E-state index contributed by atoms with van der Waals surface area (Å²) in [6.45, 7) is 0. The fraction of sp³-hybridized carbons (Fsp3) is 0.857. The summed E-state index contributed by atoms with van der Waals surface area (Å²) in [5.41, 5.74) is 5.64. The minimum absolute atomic E-state index is 0.258. The Morgan fingerprint density at radius 2 is 2.22 bits per heavy atom. The highest BCUT2D eigenvalue weighted by molar-refractivity contribution is 5.53. The molecule has 52 valence electrons. The quantitative estimate of drug-likeness (QED) is 0.527. The van der Waals surface area contributed by atoms with Gasteiger partial charge in [0.2, 0.25) is 0 Å². The lowest BCUT2D eigenvalue weighted by molar-refractivity contribution is -0.112. The van der Waals surface area contributed by atoms with E-state index in [1.165, 1.54) is 0 Å². The minimum atomic E-state index is 0.258. The first-order valence-electron chi connectivity index (χ1n) is 3.54. The van der Waals surface area contributed by atoms with Gasteiger partial charge in [-0.3, -0.25) is 0 Å². The van der Waals surface area contributed by atoms with E-state index in [0.29, 0.717) is 0 Å². The van der Waals surface area contributed by atoms with Crippen LogP contribution in [0.4, 0.5) is 0 Å². The average molecular weight is 127 g/mol. The molecule has 0 radical (unpaired) electrons. The molecule has 1 rings (SSSR count). The SMILES string of the molecule is N[C@@H]1CCC[C@@H](C=O)C1. The van der Waals surface area contributed by atoms with Crippen molar-refractivity contribution in [2.45, 2.75) is 31.7 Å². The second-order valence-corrected chi connectivity index (χ2v) is 2.82. The number of hydrogen-bond acceptors (Lipinski definition) is 2. The monoisotopic (exact) mass is 127 g/mol. The summed E-state index contributed by atoms with van der Waals surface area (Å²) in [4.78, 5) is 10.2. The van der Waals surface area contributed by atoms with Crippen LogP contribution in [0, 0.1) is 5.92 Å². The highest BCUT2D eigenvalue weighted by atomic mass is 16.1. The molecule has 2 nitrogen and oxygen atoms in total. The molecule has 0 aromatic rings. The molecule has 0 aromatic heterocycles. The van der Waals surface area contributed by atoms with E-state index in [1.807, 2.05) is 0 Å². The van der Waals surface area contributed by atoms with Gasteiger partial charge in [0.15, 0.2) is 0 Å². The van der Waals surface area contributed by atoms with Crippen molar-refractivity contribution in [3.05, 3.63) is 0 Å². The predicted molar refractivity (Wildman–Crippen MR) is 36.0 cm³/mol. The molecule has 2 atom stereocenters. The third kappa shape index (κ3) is 1.79. The molecule has 0 unspecified atom stereocenters. The normalized spacial score (nSPS) is 36.1. The summed E-state index contributed by atoms with van der Waals surface area (Å²) < 4.78 is 0. The van der Waals surface area contributed by atoms with E-state index in [-0.39, 0.29) is 12.0 Å². The summed E-state index contributed by atoms with van der Waals surface area (Å²) in [6, 6.07) is 0.286. The minimum Gasteiger partial charge on any atom is -0.328 e. The van der Waals surface area contributed by atoms with E-state index in [4.69, 9.17) is 5.73 Å². The lowest BCUT2D eigenvalue weighted by Crippen LogP contribution is -2.28. The molecule has 0 spiro atoms. The van der Waals surface area contributed by atoms with Crippen LogP contribution in [0.25, 0.3) is 0 Å². The third-order valence-electron chi connectivity index (χ3n) is 1.95. The van der Waals surface area contributed by atoms with Crippen LogP contribution in [-0.4, -0.2) is 12.3 Å². The number of aldehydes is 1. The van der Waals surface area contributed by atoms with Gasteiger partial charge in [0, 0.05) is 12.0 Å². The van der Waals surface area contributed by atoms with Crippen LogP contribution in [0.2, 0.25) is 0 Å². The van der Waals surface area contributed by atoms with Crippen molar-refractivity contribution in [2.75, 3.05) is 0 Å². The van der Waals surface area contributed by atoms with Crippen LogP contribution in [-0.2, 0) is 4.79 Å². The standard InChI is InChI=1S/C7H13NO/c8-7-3-1-2-6(4-7)5-9/h5-7H,1-4,8H2/t6-,7-/m1/s1. The fourth-order valence-electron chi connectivity index (χ4n) is 1.39. The summed E-state index contributed by atoms with van der Waals surface area (Å²) >= 11 is 0. The maximum atomic E-state index is 10.2. The van der Waals surface area contributed by atoms with Gasteiger partial charge < -0.3 is 10.5 Å². The Morgan fingerprint density at radius 1 is 1.44 bits per heavy atom. The molecule has 1 saturated carbocycles. The molecule has 9 heavy (non-hydrogen) atoms. The topological polar surface area (TPSA) is 43.1 Å². The van der Waals surface area contributed by atoms with Crippen molar-refractivity contribution in [1.29, 1.82) is 0 Å².